The zero-order valence-corrected chi connectivity index (χ0v) is 16.9. The lowest BCUT2D eigenvalue weighted by Crippen LogP contribution is -2.49. The Morgan fingerprint density at radius 3 is 2.37 bits per heavy atom. The molecule has 0 unspecified atom stereocenters. The molecule has 0 saturated carbocycles. The van der Waals surface area contributed by atoms with Crippen molar-refractivity contribution in [3.05, 3.63) is 35.9 Å². The highest BCUT2D eigenvalue weighted by Crippen LogP contribution is 2.39. The van der Waals surface area contributed by atoms with E-state index in [9.17, 15) is 14.4 Å². The Morgan fingerprint density at radius 1 is 1.19 bits per heavy atom. The Hall–Kier alpha value is -2.37. The number of carbonyl (C=O) groups excluding carboxylic acids is 3. The molecule has 1 saturated heterocycles. The summed E-state index contributed by atoms with van der Waals surface area (Å²) in [6.07, 6.45) is 1.89. The molecule has 1 fully saturated rings. The summed E-state index contributed by atoms with van der Waals surface area (Å²) in [4.78, 5) is 42.0. The van der Waals surface area contributed by atoms with Crippen LogP contribution in [0.2, 0.25) is 0 Å². The smallest absolute Gasteiger partial charge is 0.327 e. The molecule has 0 N–H and O–H groups in total. The van der Waals surface area contributed by atoms with Gasteiger partial charge in [-0.05, 0) is 32.8 Å². The minimum Gasteiger partial charge on any atom is -0.465 e. The summed E-state index contributed by atoms with van der Waals surface area (Å²) in [7, 11) is 1.68. The third-order valence-corrected chi connectivity index (χ3v) is 5.44. The maximum atomic E-state index is 13.6. The van der Waals surface area contributed by atoms with Crippen molar-refractivity contribution in [2.45, 2.75) is 59.0 Å². The molecule has 1 heterocycles. The van der Waals surface area contributed by atoms with Gasteiger partial charge in [0.25, 0.3) is 0 Å². The van der Waals surface area contributed by atoms with E-state index in [1.165, 1.54) is 4.90 Å². The summed E-state index contributed by atoms with van der Waals surface area (Å²) >= 11 is 0. The number of imide groups is 1. The zero-order chi connectivity index (χ0) is 20.2. The molecule has 0 radical (unpaired) electrons. The number of rotatable bonds is 7. The van der Waals surface area contributed by atoms with Crippen LogP contribution >= 0.6 is 0 Å². The van der Waals surface area contributed by atoms with Gasteiger partial charge in [0.15, 0.2) is 0 Å². The van der Waals surface area contributed by atoms with E-state index in [0.29, 0.717) is 12.8 Å². The highest BCUT2D eigenvalue weighted by molar-refractivity contribution is 6.09. The maximum Gasteiger partial charge on any atom is 0.327 e. The fraction of sp³-hybridized carbons (Fsp3) is 0.571. The second-order valence-electron chi connectivity index (χ2n) is 7.32. The molecule has 6 heteroatoms. The monoisotopic (exact) mass is 374 g/mol. The largest absolute Gasteiger partial charge is 0.465 e. The Bertz CT molecular complexity index is 691. The molecule has 0 aromatic heterocycles. The van der Waals surface area contributed by atoms with Crippen molar-refractivity contribution < 1.29 is 19.1 Å². The fourth-order valence-corrected chi connectivity index (χ4v) is 3.56. The Labute approximate surface area is 161 Å². The summed E-state index contributed by atoms with van der Waals surface area (Å²) in [5.74, 6) is -1.05. The molecule has 2 rings (SSSR count). The Morgan fingerprint density at radius 2 is 1.81 bits per heavy atom. The lowest BCUT2D eigenvalue weighted by molar-refractivity contribution is -0.163. The first kappa shape index (κ1) is 20.9. The van der Waals surface area contributed by atoms with E-state index >= 15 is 0 Å². The molecule has 3 amide bonds. The van der Waals surface area contributed by atoms with Crippen LogP contribution in [0.1, 0.15) is 58.6 Å². The van der Waals surface area contributed by atoms with Crippen LogP contribution in [0.4, 0.5) is 4.79 Å². The van der Waals surface area contributed by atoms with Crippen LogP contribution in [-0.2, 0) is 14.3 Å². The van der Waals surface area contributed by atoms with E-state index in [-0.39, 0.29) is 18.7 Å². The number of ether oxygens (including phenoxy) is 1. The fourth-order valence-electron chi connectivity index (χ4n) is 3.56. The van der Waals surface area contributed by atoms with Crippen LogP contribution in [0.5, 0.6) is 0 Å². The molecule has 6 nitrogen and oxygen atoms in total. The second-order valence-corrected chi connectivity index (χ2v) is 7.32. The van der Waals surface area contributed by atoms with Gasteiger partial charge in [-0.3, -0.25) is 14.5 Å². The Balaban J connectivity index is 2.47. The number of carbonyl (C=O) groups is 3. The molecule has 148 valence electrons. The number of esters is 1. The van der Waals surface area contributed by atoms with E-state index in [1.54, 1.807) is 25.8 Å². The molecule has 0 bridgehead atoms. The van der Waals surface area contributed by atoms with Gasteiger partial charge in [-0.1, -0.05) is 50.1 Å². The lowest BCUT2D eigenvalue weighted by atomic mass is 9.82. The number of benzene rings is 1. The number of unbranched alkanes of at least 4 members (excludes halogenated alkanes) is 1. The summed E-state index contributed by atoms with van der Waals surface area (Å²) in [6.45, 7) is 7.42. The van der Waals surface area contributed by atoms with Crippen molar-refractivity contribution in [3.63, 3.8) is 0 Å². The van der Waals surface area contributed by atoms with Gasteiger partial charge in [0.05, 0.1) is 18.7 Å². The van der Waals surface area contributed by atoms with Crippen molar-refractivity contribution >= 4 is 17.9 Å². The van der Waals surface area contributed by atoms with E-state index < -0.39 is 23.3 Å². The summed E-state index contributed by atoms with van der Waals surface area (Å²) in [5, 5.41) is 0. The molecule has 1 aliphatic heterocycles. The van der Waals surface area contributed by atoms with Crippen molar-refractivity contribution in [2.24, 2.45) is 5.41 Å². The number of amides is 3. The molecule has 1 aliphatic rings. The van der Waals surface area contributed by atoms with Gasteiger partial charge in [0.2, 0.25) is 5.91 Å². The van der Waals surface area contributed by atoms with E-state index in [1.807, 2.05) is 44.2 Å². The standard InChI is InChI=1S/C21H30N2O4/c1-6-8-14-21(4,19(25)27-7-2)18(24)23-17(15(3)22(5)20(23)26)16-12-10-9-11-13-16/h9-13,15,17H,6-8,14H2,1-5H3/t15-,17-,21-/m1/s1. The van der Waals surface area contributed by atoms with Crippen LogP contribution in [0.25, 0.3) is 0 Å². The van der Waals surface area contributed by atoms with E-state index in [4.69, 9.17) is 4.74 Å². The summed E-state index contributed by atoms with van der Waals surface area (Å²) < 4.78 is 5.20. The van der Waals surface area contributed by atoms with Crippen LogP contribution in [0.3, 0.4) is 0 Å². The highest BCUT2D eigenvalue weighted by Gasteiger charge is 2.53. The van der Waals surface area contributed by atoms with Gasteiger partial charge >= 0.3 is 12.0 Å². The number of hydrogen-bond donors (Lipinski definition) is 0. The van der Waals surface area contributed by atoms with Crippen molar-refractivity contribution in [1.29, 1.82) is 0 Å². The topological polar surface area (TPSA) is 66.9 Å². The highest BCUT2D eigenvalue weighted by atomic mass is 16.5. The summed E-state index contributed by atoms with van der Waals surface area (Å²) in [6, 6.07) is 8.46. The van der Waals surface area contributed by atoms with Crippen LogP contribution in [-0.4, -0.2) is 47.4 Å². The number of hydrogen-bond acceptors (Lipinski definition) is 4. The lowest BCUT2D eigenvalue weighted by Gasteiger charge is -2.32. The quantitative estimate of drug-likeness (QED) is 0.538. The van der Waals surface area contributed by atoms with Gasteiger partial charge in [-0.2, -0.15) is 0 Å². The first-order chi connectivity index (χ1) is 12.8. The Kier molecular flexibility index (Phi) is 6.63. The summed E-state index contributed by atoms with van der Waals surface area (Å²) in [5.41, 5.74) is -0.502. The number of urea groups is 1. The molecular formula is C21H30N2O4. The third kappa shape index (κ3) is 3.84. The minimum atomic E-state index is -1.38. The first-order valence-electron chi connectivity index (χ1n) is 9.62. The van der Waals surface area contributed by atoms with Gasteiger partial charge in [0.1, 0.15) is 5.41 Å². The van der Waals surface area contributed by atoms with Gasteiger partial charge < -0.3 is 9.64 Å². The van der Waals surface area contributed by atoms with E-state index in [0.717, 1.165) is 12.0 Å². The number of likely N-dealkylation sites (N-methyl/N-ethyl adjacent to an activating group) is 1. The molecule has 0 aliphatic carbocycles. The van der Waals surface area contributed by atoms with Crippen molar-refractivity contribution in [3.8, 4) is 0 Å². The minimum absolute atomic E-state index is 0.193. The van der Waals surface area contributed by atoms with Crippen LogP contribution in [0, 0.1) is 5.41 Å². The predicted molar refractivity (Wildman–Crippen MR) is 103 cm³/mol. The predicted octanol–water partition coefficient (Wildman–Crippen LogP) is 3.77. The molecule has 1 aromatic carbocycles. The van der Waals surface area contributed by atoms with Gasteiger partial charge in [-0.25, -0.2) is 4.79 Å². The van der Waals surface area contributed by atoms with Crippen molar-refractivity contribution in [2.75, 3.05) is 13.7 Å². The second kappa shape index (κ2) is 8.55. The average molecular weight is 374 g/mol. The third-order valence-electron chi connectivity index (χ3n) is 5.44. The van der Waals surface area contributed by atoms with Crippen molar-refractivity contribution in [1.82, 2.24) is 9.80 Å². The normalized spacial score (nSPS) is 21.9. The molecule has 27 heavy (non-hydrogen) atoms. The first-order valence-corrected chi connectivity index (χ1v) is 9.62. The molecular weight excluding hydrogens is 344 g/mol. The van der Waals surface area contributed by atoms with Gasteiger partial charge in [-0.15, -0.1) is 0 Å². The molecule has 1 aromatic rings. The maximum absolute atomic E-state index is 13.6. The van der Waals surface area contributed by atoms with Crippen LogP contribution < -0.4 is 0 Å². The van der Waals surface area contributed by atoms with Crippen LogP contribution in [0.15, 0.2) is 30.3 Å². The average Bonchev–Trinajstić information content (AvgIpc) is 2.90. The number of nitrogens with zero attached hydrogens (tertiary/aromatic N) is 2. The SMILES string of the molecule is CCCC[C@@](C)(C(=O)OCC)C(=O)N1C(=O)N(C)[C@H](C)[C@@H]1c1ccccc1. The zero-order valence-electron chi connectivity index (χ0n) is 16.9. The van der Waals surface area contributed by atoms with E-state index in [2.05, 4.69) is 0 Å². The van der Waals surface area contributed by atoms with Gasteiger partial charge in [0, 0.05) is 7.05 Å². The molecule has 0 spiro atoms. The molecule has 3 atom stereocenters.